The van der Waals surface area contributed by atoms with Gasteiger partial charge in [0.05, 0.1) is 5.84 Å². The van der Waals surface area contributed by atoms with Gasteiger partial charge in [0.1, 0.15) is 0 Å². The van der Waals surface area contributed by atoms with E-state index in [2.05, 4.69) is 54.0 Å². The van der Waals surface area contributed by atoms with Gasteiger partial charge in [0, 0.05) is 38.6 Å². The molecule has 1 N–H and O–H groups in total. The number of amidine groups is 1. The number of piperazine rings is 1. The highest BCUT2D eigenvalue weighted by molar-refractivity contribution is 5.81. The Morgan fingerprint density at radius 1 is 1.11 bits per heavy atom. The zero-order chi connectivity index (χ0) is 13.0. The van der Waals surface area contributed by atoms with E-state index in [0.29, 0.717) is 5.92 Å². The second-order valence-corrected chi connectivity index (χ2v) is 5.29. The molecule has 1 saturated heterocycles. The van der Waals surface area contributed by atoms with Crippen LogP contribution in [0.5, 0.6) is 0 Å². The summed E-state index contributed by atoms with van der Waals surface area (Å²) in [6.07, 6.45) is 0. The number of hydrogen-bond acceptors (Lipinski definition) is 2. The Bertz CT molecular complexity index is 378. The van der Waals surface area contributed by atoms with Crippen LogP contribution in [-0.4, -0.2) is 41.8 Å². The number of benzene rings is 1. The average molecular weight is 245 g/mol. The maximum Gasteiger partial charge on any atom is 0.0984 e. The van der Waals surface area contributed by atoms with Crippen LogP contribution in [0.25, 0.3) is 0 Å². The minimum absolute atomic E-state index is 0.339. The van der Waals surface area contributed by atoms with Gasteiger partial charge in [-0.25, -0.2) is 0 Å². The van der Waals surface area contributed by atoms with Crippen LogP contribution in [0.1, 0.15) is 19.4 Å². The van der Waals surface area contributed by atoms with Crippen molar-refractivity contribution in [3.8, 4) is 0 Å². The fraction of sp³-hybridized carbons (Fsp3) is 0.533. The third kappa shape index (κ3) is 3.33. The van der Waals surface area contributed by atoms with Gasteiger partial charge in [0.25, 0.3) is 0 Å². The van der Waals surface area contributed by atoms with E-state index in [-0.39, 0.29) is 0 Å². The van der Waals surface area contributed by atoms with Crippen LogP contribution < -0.4 is 0 Å². The zero-order valence-electron chi connectivity index (χ0n) is 11.4. The van der Waals surface area contributed by atoms with Crippen LogP contribution >= 0.6 is 0 Å². The fourth-order valence-corrected chi connectivity index (χ4v) is 2.35. The molecule has 1 aliphatic heterocycles. The van der Waals surface area contributed by atoms with E-state index in [1.807, 2.05) is 0 Å². The lowest BCUT2D eigenvalue weighted by Crippen LogP contribution is -2.49. The van der Waals surface area contributed by atoms with Crippen LogP contribution in [0.15, 0.2) is 30.3 Å². The van der Waals surface area contributed by atoms with Crippen molar-refractivity contribution >= 4 is 5.84 Å². The van der Waals surface area contributed by atoms with E-state index in [9.17, 15) is 0 Å². The van der Waals surface area contributed by atoms with E-state index in [4.69, 9.17) is 5.41 Å². The molecule has 3 nitrogen and oxygen atoms in total. The molecule has 0 radical (unpaired) electrons. The molecule has 1 aromatic rings. The van der Waals surface area contributed by atoms with Gasteiger partial charge in [0.2, 0.25) is 0 Å². The van der Waals surface area contributed by atoms with E-state index >= 15 is 0 Å². The maximum absolute atomic E-state index is 8.03. The monoisotopic (exact) mass is 245 g/mol. The number of nitrogens with zero attached hydrogens (tertiary/aromatic N) is 2. The highest BCUT2D eigenvalue weighted by Gasteiger charge is 2.20. The van der Waals surface area contributed by atoms with E-state index in [1.165, 1.54) is 5.56 Å². The lowest BCUT2D eigenvalue weighted by Gasteiger charge is -2.37. The molecule has 98 valence electrons. The Hall–Kier alpha value is -1.35. The van der Waals surface area contributed by atoms with Crippen LogP contribution in [0, 0.1) is 11.3 Å². The van der Waals surface area contributed by atoms with Crippen molar-refractivity contribution in [1.82, 2.24) is 9.80 Å². The summed E-state index contributed by atoms with van der Waals surface area (Å²) in [6, 6.07) is 10.6. The summed E-state index contributed by atoms with van der Waals surface area (Å²) in [5.41, 5.74) is 1.38. The summed E-state index contributed by atoms with van der Waals surface area (Å²) < 4.78 is 0. The molecule has 0 spiro atoms. The molecule has 2 rings (SSSR count). The minimum Gasteiger partial charge on any atom is -0.358 e. The Morgan fingerprint density at radius 2 is 1.72 bits per heavy atom. The zero-order valence-corrected chi connectivity index (χ0v) is 11.4. The van der Waals surface area contributed by atoms with Crippen molar-refractivity contribution < 1.29 is 0 Å². The maximum atomic E-state index is 8.03. The first-order chi connectivity index (χ1) is 8.66. The van der Waals surface area contributed by atoms with E-state index < -0.39 is 0 Å². The number of rotatable bonds is 3. The molecule has 1 heterocycles. The number of nitrogens with one attached hydrogen (secondary N) is 1. The van der Waals surface area contributed by atoms with Crippen molar-refractivity contribution in [2.75, 3.05) is 26.2 Å². The normalized spacial score (nSPS) is 17.2. The average Bonchev–Trinajstić information content (AvgIpc) is 2.40. The fourth-order valence-electron chi connectivity index (χ4n) is 2.35. The smallest absolute Gasteiger partial charge is 0.0984 e. The molecule has 1 fully saturated rings. The largest absolute Gasteiger partial charge is 0.358 e. The highest BCUT2D eigenvalue weighted by Crippen LogP contribution is 2.10. The molecule has 18 heavy (non-hydrogen) atoms. The Labute approximate surface area is 110 Å². The first kappa shape index (κ1) is 13.1. The third-order valence-electron chi connectivity index (χ3n) is 3.51. The quantitative estimate of drug-likeness (QED) is 0.655. The summed E-state index contributed by atoms with van der Waals surface area (Å²) in [4.78, 5) is 4.69. The van der Waals surface area contributed by atoms with Crippen LogP contribution in [0.3, 0.4) is 0 Å². The van der Waals surface area contributed by atoms with Crippen molar-refractivity contribution in [3.05, 3.63) is 35.9 Å². The molecule has 0 unspecified atom stereocenters. The molecule has 0 amide bonds. The molecule has 1 aromatic carbocycles. The first-order valence-corrected chi connectivity index (χ1v) is 6.76. The number of hydrogen-bond donors (Lipinski definition) is 1. The third-order valence-corrected chi connectivity index (χ3v) is 3.51. The predicted octanol–water partition coefficient (Wildman–Crippen LogP) is 2.44. The minimum atomic E-state index is 0.339. The standard InChI is InChI=1S/C15H23N3/c1-13(2)15(16)18-10-8-17(9-11-18)12-14-6-4-3-5-7-14/h3-7,13,16H,8-12H2,1-2H3. The van der Waals surface area contributed by atoms with Crippen molar-refractivity contribution in [1.29, 1.82) is 5.41 Å². The SMILES string of the molecule is CC(C)C(=N)N1CCN(Cc2ccccc2)CC1. The predicted molar refractivity (Wildman–Crippen MR) is 75.9 cm³/mol. The van der Waals surface area contributed by atoms with Gasteiger partial charge in [-0.15, -0.1) is 0 Å². The Kier molecular flexibility index (Phi) is 4.37. The van der Waals surface area contributed by atoms with Crippen LogP contribution in [0.2, 0.25) is 0 Å². The van der Waals surface area contributed by atoms with Crippen molar-refractivity contribution in [2.24, 2.45) is 5.92 Å². The molecular formula is C15H23N3. The molecule has 0 aromatic heterocycles. The molecule has 0 aliphatic carbocycles. The molecule has 1 aliphatic rings. The van der Waals surface area contributed by atoms with E-state index in [1.54, 1.807) is 0 Å². The van der Waals surface area contributed by atoms with E-state index in [0.717, 1.165) is 38.6 Å². The van der Waals surface area contributed by atoms with Gasteiger partial charge in [0.15, 0.2) is 0 Å². The molecule has 0 atom stereocenters. The van der Waals surface area contributed by atoms with Gasteiger partial charge < -0.3 is 4.90 Å². The van der Waals surface area contributed by atoms with Crippen LogP contribution in [-0.2, 0) is 6.54 Å². The summed E-state index contributed by atoms with van der Waals surface area (Å²) in [7, 11) is 0. The summed E-state index contributed by atoms with van der Waals surface area (Å²) in [6.45, 7) is 9.32. The van der Waals surface area contributed by atoms with Crippen molar-refractivity contribution in [2.45, 2.75) is 20.4 Å². The molecule has 0 bridgehead atoms. The second kappa shape index (κ2) is 6.01. The van der Waals surface area contributed by atoms with Gasteiger partial charge >= 0.3 is 0 Å². The topological polar surface area (TPSA) is 30.3 Å². The molecule has 3 heteroatoms. The summed E-state index contributed by atoms with van der Waals surface area (Å²) >= 11 is 0. The lowest BCUT2D eigenvalue weighted by molar-refractivity contribution is 0.171. The highest BCUT2D eigenvalue weighted by atomic mass is 15.3. The van der Waals surface area contributed by atoms with Crippen LogP contribution in [0.4, 0.5) is 0 Å². The molecular weight excluding hydrogens is 222 g/mol. The second-order valence-electron chi connectivity index (χ2n) is 5.29. The summed E-state index contributed by atoms with van der Waals surface area (Å²) in [5.74, 6) is 1.13. The first-order valence-electron chi connectivity index (χ1n) is 6.76. The Morgan fingerprint density at radius 3 is 2.28 bits per heavy atom. The lowest BCUT2D eigenvalue weighted by atomic mass is 10.1. The van der Waals surface area contributed by atoms with Gasteiger partial charge in [-0.1, -0.05) is 44.2 Å². The van der Waals surface area contributed by atoms with Gasteiger partial charge in [-0.05, 0) is 5.56 Å². The van der Waals surface area contributed by atoms with Gasteiger partial charge in [-0.2, -0.15) is 0 Å². The Balaban J connectivity index is 1.82. The molecule has 0 saturated carbocycles. The van der Waals surface area contributed by atoms with Gasteiger partial charge in [-0.3, -0.25) is 10.3 Å². The summed E-state index contributed by atoms with van der Waals surface area (Å²) in [5, 5.41) is 8.03. The van der Waals surface area contributed by atoms with Crippen molar-refractivity contribution in [3.63, 3.8) is 0 Å².